The number of sulfonamides is 1. The first-order valence-corrected chi connectivity index (χ1v) is 13.3. The van der Waals surface area contributed by atoms with Crippen LogP contribution in [0.1, 0.15) is 51.3 Å². The molecule has 0 spiro atoms. The first-order valence-electron chi connectivity index (χ1n) is 11.4. The maximum Gasteiger partial charge on any atom is 0.244 e. The maximum absolute atomic E-state index is 13.5. The molecule has 34 heavy (non-hydrogen) atoms. The molecule has 0 bridgehead atoms. The van der Waals surface area contributed by atoms with E-state index in [9.17, 15) is 18.0 Å². The maximum atomic E-state index is 13.5. The minimum atomic E-state index is -3.74. The zero-order valence-corrected chi connectivity index (χ0v) is 22.1. The molecule has 0 fully saturated rings. The van der Waals surface area contributed by atoms with Crippen LogP contribution in [0.4, 0.5) is 5.69 Å². The number of benzene rings is 2. The Kier molecular flexibility index (Phi) is 8.89. The minimum absolute atomic E-state index is 0.0861. The van der Waals surface area contributed by atoms with Gasteiger partial charge in [0.2, 0.25) is 21.8 Å². The fourth-order valence-electron chi connectivity index (χ4n) is 3.54. The van der Waals surface area contributed by atoms with E-state index in [1.807, 2.05) is 50.2 Å². The average molecular weight is 488 g/mol. The molecule has 7 nitrogen and oxygen atoms in total. The number of carbonyl (C=O) groups excluding carboxylic acids is 2. The minimum Gasteiger partial charge on any atom is -0.355 e. The molecule has 0 saturated carbocycles. The van der Waals surface area contributed by atoms with Crippen LogP contribution in [0.15, 0.2) is 48.5 Å². The van der Waals surface area contributed by atoms with Gasteiger partial charge in [-0.1, -0.05) is 62.7 Å². The number of hydrogen-bond donors (Lipinski definition) is 1. The van der Waals surface area contributed by atoms with Crippen LogP contribution >= 0.6 is 0 Å². The molecule has 2 rings (SSSR count). The van der Waals surface area contributed by atoms with Gasteiger partial charge in [-0.15, -0.1) is 0 Å². The molecule has 186 valence electrons. The van der Waals surface area contributed by atoms with Crippen LogP contribution in [0, 0.1) is 6.92 Å². The first-order chi connectivity index (χ1) is 15.7. The number of hydrogen-bond acceptors (Lipinski definition) is 4. The van der Waals surface area contributed by atoms with Crippen LogP contribution in [-0.4, -0.2) is 50.5 Å². The normalized spacial score (nSPS) is 12.7. The summed E-state index contributed by atoms with van der Waals surface area (Å²) in [7, 11) is -3.74. The van der Waals surface area contributed by atoms with Crippen molar-refractivity contribution >= 4 is 27.5 Å². The fourth-order valence-corrected chi connectivity index (χ4v) is 4.39. The molecule has 0 aromatic heterocycles. The molecule has 1 N–H and O–H groups in total. The van der Waals surface area contributed by atoms with Gasteiger partial charge in [0, 0.05) is 13.1 Å². The zero-order chi connectivity index (χ0) is 25.7. The third-order valence-corrected chi connectivity index (χ3v) is 6.83. The summed E-state index contributed by atoms with van der Waals surface area (Å²) in [4.78, 5) is 27.5. The smallest absolute Gasteiger partial charge is 0.244 e. The number of amides is 2. The summed E-state index contributed by atoms with van der Waals surface area (Å²) in [5, 5.41) is 2.75. The molecule has 8 heteroatoms. The Morgan fingerprint density at radius 1 is 1.00 bits per heavy atom. The second-order valence-electron chi connectivity index (χ2n) is 9.64. The quantitative estimate of drug-likeness (QED) is 0.585. The van der Waals surface area contributed by atoms with E-state index in [-0.39, 0.29) is 17.9 Å². The molecule has 0 unspecified atom stereocenters. The van der Waals surface area contributed by atoms with Crippen molar-refractivity contribution in [3.8, 4) is 0 Å². The lowest BCUT2D eigenvalue weighted by Gasteiger charge is -2.31. The molecule has 0 aliphatic rings. The van der Waals surface area contributed by atoms with E-state index in [0.29, 0.717) is 12.2 Å². The Labute approximate surface area is 204 Å². The Morgan fingerprint density at radius 3 is 2.03 bits per heavy atom. The van der Waals surface area contributed by atoms with Gasteiger partial charge < -0.3 is 10.2 Å². The van der Waals surface area contributed by atoms with Crippen molar-refractivity contribution in [3.63, 3.8) is 0 Å². The molecule has 0 radical (unpaired) electrons. The third kappa shape index (κ3) is 7.32. The van der Waals surface area contributed by atoms with Gasteiger partial charge in [0.1, 0.15) is 12.6 Å². The average Bonchev–Trinajstić information content (AvgIpc) is 2.75. The van der Waals surface area contributed by atoms with E-state index in [0.717, 1.165) is 27.3 Å². The molecule has 0 saturated heterocycles. The molecule has 2 aromatic carbocycles. The summed E-state index contributed by atoms with van der Waals surface area (Å²) < 4.78 is 26.4. The van der Waals surface area contributed by atoms with Gasteiger partial charge in [-0.05, 0) is 49.4 Å². The van der Waals surface area contributed by atoms with Crippen molar-refractivity contribution in [2.24, 2.45) is 0 Å². The van der Waals surface area contributed by atoms with Crippen LogP contribution in [0.5, 0.6) is 0 Å². The second kappa shape index (κ2) is 11.0. The monoisotopic (exact) mass is 487 g/mol. The van der Waals surface area contributed by atoms with Crippen LogP contribution in [0.25, 0.3) is 0 Å². The van der Waals surface area contributed by atoms with E-state index >= 15 is 0 Å². The van der Waals surface area contributed by atoms with E-state index in [2.05, 4.69) is 26.1 Å². The number of rotatable bonds is 9. The summed E-state index contributed by atoms with van der Waals surface area (Å²) in [6.45, 7) is 11.9. The lowest BCUT2D eigenvalue weighted by atomic mass is 9.87. The van der Waals surface area contributed by atoms with Crippen LogP contribution in [-0.2, 0) is 31.6 Å². The third-order valence-electron chi connectivity index (χ3n) is 5.69. The predicted molar refractivity (Wildman–Crippen MR) is 137 cm³/mol. The van der Waals surface area contributed by atoms with Crippen LogP contribution in [0.3, 0.4) is 0 Å². The van der Waals surface area contributed by atoms with Gasteiger partial charge in [0.25, 0.3) is 0 Å². The standard InChI is InChI=1S/C26H37N3O4S/c1-8-27-25(31)20(3)28(17-21-11-9-19(2)10-12-21)24(30)18-29(34(7,32)33)23-15-13-22(14-16-23)26(4,5)6/h9-16,20H,8,17-18H2,1-7H3,(H,27,31)/t20-/m1/s1. The highest BCUT2D eigenvalue weighted by Crippen LogP contribution is 2.26. The summed E-state index contributed by atoms with van der Waals surface area (Å²) in [5.74, 6) is -0.743. The number of carbonyl (C=O) groups is 2. The highest BCUT2D eigenvalue weighted by molar-refractivity contribution is 7.92. The summed E-state index contributed by atoms with van der Waals surface area (Å²) in [5.41, 5.74) is 3.32. The Balaban J connectivity index is 2.38. The topological polar surface area (TPSA) is 86.8 Å². The van der Waals surface area contributed by atoms with Gasteiger partial charge in [-0.3, -0.25) is 13.9 Å². The SMILES string of the molecule is CCNC(=O)[C@@H](C)N(Cc1ccc(C)cc1)C(=O)CN(c1ccc(C(C)(C)C)cc1)S(C)(=O)=O. The van der Waals surface area contributed by atoms with Gasteiger partial charge in [0.15, 0.2) is 0 Å². The first kappa shape index (κ1) is 27.4. The Hall–Kier alpha value is -2.87. The number of nitrogens with zero attached hydrogens (tertiary/aromatic N) is 2. The summed E-state index contributed by atoms with van der Waals surface area (Å²) >= 11 is 0. The summed E-state index contributed by atoms with van der Waals surface area (Å²) in [6.07, 6.45) is 1.08. The predicted octanol–water partition coefficient (Wildman–Crippen LogP) is 3.61. The summed E-state index contributed by atoms with van der Waals surface area (Å²) in [6, 6.07) is 14.1. The largest absolute Gasteiger partial charge is 0.355 e. The van der Waals surface area contributed by atoms with E-state index < -0.39 is 28.5 Å². The Morgan fingerprint density at radius 2 is 1.56 bits per heavy atom. The lowest BCUT2D eigenvalue weighted by Crippen LogP contribution is -2.51. The van der Waals surface area contributed by atoms with Gasteiger partial charge in [-0.25, -0.2) is 8.42 Å². The Bertz CT molecular complexity index is 1090. The highest BCUT2D eigenvalue weighted by atomic mass is 32.2. The van der Waals surface area contributed by atoms with E-state index in [1.54, 1.807) is 19.1 Å². The van der Waals surface area contributed by atoms with Crippen molar-refractivity contribution in [2.75, 3.05) is 23.7 Å². The molecule has 1 atom stereocenters. The van der Waals surface area contributed by atoms with E-state index in [4.69, 9.17) is 0 Å². The molecule has 0 heterocycles. The number of anilines is 1. The molecular formula is C26H37N3O4S. The van der Waals surface area contributed by atoms with Crippen LogP contribution < -0.4 is 9.62 Å². The van der Waals surface area contributed by atoms with Crippen molar-refractivity contribution < 1.29 is 18.0 Å². The second-order valence-corrected chi connectivity index (χ2v) is 11.6. The molecule has 2 amide bonds. The van der Waals surface area contributed by atoms with Crippen molar-refractivity contribution in [2.45, 2.75) is 59.5 Å². The molecule has 0 aliphatic carbocycles. The van der Waals surface area contributed by atoms with Crippen molar-refractivity contribution in [1.82, 2.24) is 10.2 Å². The van der Waals surface area contributed by atoms with Gasteiger partial charge in [-0.2, -0.15) is 0 Å². The lowest BCUT2D eigenvalue weighted by molar-refractivity contribution is -0.139. The molecule has 0 aliphatic heterocycles. The van der Waals surface area contributed by atoms with Crippen molar-refractivity contribution in [3.05, 3.63) is 65.2 Å². The number of aryl methyl sites for hydroxylation is 1. The van der Waals surface area contributed by atoms with Crippen molar-refractivity contribution in [1.29, 1.82) is 0 Å². The molecular weight excluding hydrogens is 450 g/mol. The van der Waals surface area contributed by atoms with Gasteiger partial charge >= 0.3 is 0 Å². The van der Waals surface area contributed by atoms with E-state index in [1.165, 1.54) is 4.90 Å². The molecule has 2 aromatic rings. The van der Waals surface area contributed by atoms with Gasteiger partial charge in [0.05, 0.1) is 11.9 Å². The highest BCUT2D eigenvalue weighted by Gasteiger charge is 2.30. The fraction of sp³-hybridized carbons (Fsp3) is 0.462. The van der Waals surface area contributed by atoms with Crippen LogP contribution in [0.2, 0.25) is 0 Å². The number of nitrogens with one attached hydrogen (secondary N) is 1. The zero-order valence-electron chi connectivity index (χ0n) is 21.3. The number of likely N-dealkylation sites (N-methyl/N-ethyl adjacent to an activating group) is 1.